The highest BCUT2D eigenvalue weighted by atomic mass is 19.4. The van der Waals surface area contributed by atoms with Crippen molar-refractivity contribution in [3.63, 3.8) is 0 Å². The van der Waals surface area contributed by atoms with Crippen LogP contribution in [0.3, 0.4) is 0 Å². The third-order valence-electron chi connectivity index (χ3n) is 2.38. The van der Waals surface area contributed by atoms with Gasteiger partial charge in [-0.15, -0.1) is 0 Å². The summed E-state index contributed by atoms with van der Waals surface area (Å²) >= 11 is 0. The molecule has 1 unspecified atom stereocenters. The fraction of sp³-hybridized carbons (Fsp3) is 0.500. The molecule has 0 amide bonds. The zero-order valence-corrected chi connectivity index (χ0v) is 9.13. The van der Waals surface area contributed by atoms with Gasteiger partial charge in [-0.25, -0.2) is 0 Å². The van der Waals surface area contributed by atoms with E-state index in [1.54, 1.807) is 0 Å². The lowest BCUT2D eigenvalue weighted by Gasteiger charge is -2.16. The minimum absolute atomic E-state index is 0.0941. The van der Waals surface area contributed by atoms with E-state index in [1.165, 1.54) is 7.11 Å². The first-order valence-electron chi connectivity index (χ1n) is 5.17. The molecule has 0 aromatic heterocycles. The number of halogens is 3. The monoisotopic (exact) mass is 232 g/mol. The van der Waals surface area contributed by atoms with Crippen molar-refractivity contribution in [2.45, 2.75) is 31.5 Å². The van der Waals surface area contributed by atoms with Gasteiger partial charge in [0.05, 0.1) is 6.10 Å². The standard InChI is InChI=1S/C12H15F3O/c1-16-11(8-5-9-12(13,14)15)10-6-3-2-4-7-10/h2-4,6-7,11H,5,8-9H2,1H3. The molecule has 90 valence electrons. The second kappa shape index (κ2) is 5.89. The van der Waals surface area contributed by atoms with Crippen LogP contribution in [0.2, 0.25) is 0 Å². The van der Waals surface area contributed by atoms with Gasteiger partial charge in [-0.3, -0.25) is 0 Å². The van der Waals surface area contributed by atoms with Gasteiger partial charge in [0, 0.05) is 13.5 Å². The summed E-state index contributed by atoms with van der Waals surface area (Å²) in [6, 6.07) is 9.30. The summed E-state index contributed by atoms with van der Waals surface area (Å²) in [5.74, 6) is 0. The van der Waals surface area contributed by atoms with Gasteiger partial charge in [-0.05, 0) is 18.4 Å². The predicted molar refractivity (Wildman–Crippen MR) is 56.1 cm³/mol. The van der Waals surface area contributed by atoms with E-state index in [-0.39, 0.29) is 12.5 Å². The molecule has 4 heteroatoms. The van der Waals surface area contributed by atoms with Crippen LogP contribution in [0.15, 0.2) is 30.3 Å². The molecule has 0 aliphatic heterocycles. The normalized spacial score (nSPS) is 13.8. The zero-order valence-electron chi connectivity index (χ0n) is 9.13. The summed E-state index contributed by atoms with van der Waals surface area (Å²) in [4.78, 5) is 0. The molecule has 0 spiro atoms. The number of rotatable bonds is 5. The lowest BCUT2D eigenvalue weighted by Crippen LogP contribution is -2.09. The smallest absolute Gasteiger partial charge is 0.377 e. The topological polar surface area (TPSA) is 9.23 Å². The van der Waals surface area contributed by atoms with Gasteiger partial charge in [0.2, 0.25) is 0 Å². The molecule has 0 fully saturated rings. The fourth-order valence-electron chi connectivity index (χ4n) is 1.58. The number of ether oxygens (including phenoxy) is 1. The predicted octanol–water partition coefficient (Wildman–Crippen LogP) is 4.11. The Kier molecular flexibility index (Phi) is 4.80. The zero-order chi connectivity index (χ0) is 12.0. The molecule has 1 atom stereocenters. The van der Waals surface area contributed by atoms with Crippen LogP contribution in [-0.2, 0) is 4.74 Å². The Morgan fingerprint density at radius 2 is 1.81 bits per heavy atom. The van der Waals surface area contributed by atoms with E-state index in [0.717, 1.165) is 5.56 Å². The van der Waals surface area contributed by atoms with E-state index < -0.39 is 12.6 Å². The Morgan fingerprint density at radius 3 is 2.31 bits per heavy atom. The molecular formula is C12H15F3O. The number of alkyl halides is 3. The first kappa shape index (κ1) is 13.0. The average Bonchev–Trinajstić information content (AvgIpc) is 2.24. The summed E-state index contributed by atoms with van der Waals surface area (Å²) in [5.41, 5.74) is 0.923. The van der Waals surface area contributed by atoms with Crippen LogP contribution in [0.25, 0.3) is 0 Å². The summed E-state index contributed by atoms with van der Waals surface area (Å²) < 4.78 is 41.1. The third kappa shape index (κ3) is 4.66. The molecule has 0 aliphatic rings. The SMILES string of the molecule is COC(CCCC(F)(F)F)c1ccccc1. The Bertz CT molecular complexity index is 295. The minimum atomic E-state index is -4.07. The first-order chi connectivity index (χ1) is 7.53. The van der Waals surface area contributed by atoms with Crippen molar-refractivity contribution < 1.29 is 17.9 Å². The van der Waals surface area contributed by atoms with Gasteiger partial charge in [-0.1, -0.05) is 30.3 Å². The van der Waals surface area contributed by atoms with Crippen molar-refractivity contribution in [3.8, 4) is 0 Å². The maximum atomic E-state index is 12.0. The van der Waals surface area contributed by atoms with Crippen LogP contribution in [0.4, 0.5) is 13.2 Å². The highest BCUT2D eigenvalue weighted by molar-refractivity contribution is 5.17. The molecular weight excluding hydrogens is 217 g/mol. The van der Waals surface area contributed by atoms with Crippen LogP contribution >= 0.6 is 0 Å². The van der Waals surface area contributed by atoms with Crippen molar-refractivity contribution >= 4 is 0 Å². The molecule has 1 aromatic rings. The van der Waals surface area contributed by atoms with E-state index in [4.69, 9.17) is 4.74 Å². The lowest BCUT2D eigenvalue weighted by atomic mass is 10.0. The first-order valence-corrected chi connectivity index (χ1v) is 5.17. The number of benzene rings is 1. The van der Waals surface area contributed by atoms with Crippen molar-refractivity contribution in [1.82, 2.24) is 0 Å². The Balaban J connectivity index is 2.45. The van der Waals surface area contributed by atoms with E-state index in [0.29, 0.717) is 6.42 Å². The molecule has 0 heterocycles. The number of hydrogen-bond donors (Lipinski definition) is 0. The molecule has 1 aromatic carbocycles. The highest BCUT2D eigenvalue weighted by Gasteiger charge is 2.26. The van der Waals surface area contributed by atoms with Crippen LogP contribution < -0.4 is 0 Å². The summed E-state index contributed by atoms with van der Waals surface area (Å²) in [6.07, 6.45) is -4.59. The van der Waals surface area contributed by atoms with Crippen molar-refractivity contribution in [2.75, 3.05) is 7.11 Å². The van der Waals surface area contributed by atoms with Crippen molar-refractivity contribution in [1.29, 1.82) is 0 Å². The van der Waals surface area contributed by atoms with Gasteiger partial charge >= 0.3 is 6.18 Å². The summed E-state index contributed by atoms with van der Waals surface area (Å²) in [5, 5.41) is 0. The number of hydrogen-bond acceptors (Lipinski definition) is 1. The molecule has 0 N–H and O–H groups in total. The highest BCUT2D eigenvalue weighted by Crippen LogP contribution is 2.27. The summed E-state index contributed by atoms with van der Waals surface area (Å²) in [7, 11) is 1.52. The average molecular weight is 232 g/mol. The van der Waals surface area contributed by atoms with Gasteiger partial charge in [0.15, 0.2) is 0 Å². The quantitative estimate of drug-likeness (QED) is 0.742. The second-order valence-corrected chi connectivity index (χ2v) is 3.64. The van der Waals surface area contributed by atoms with Crippen molar-refractivity contribution in [2.24, 2.45) is 0 Å². The van der Waals surface area contributed by atoms with Gasteiger partial charge < -0.3 is 4.74 Å². The second-order valence-electron chi connectivity index (χ2n) is 3.64. The van der Waals surface area contributed by atoms with E-state index in [2.05, 4.69) is 0 Å². The van der Waals surface area contributed by atoms with E-state index in [1.807, 2.05) is 30.3 Å². The lowest BCUT2D eigenvalue weighted by molar-refractivity contribution is -0.136. The molecule has 16 heavy (non-hydrogen) atoms. The Morgan fingerprint density at radius 1 is 1.19 bits per heavy atom. The molecule has 1 nitrogen and oxygen atoms in total. The maximum Gasteiger partial charge on any atom is 0.389 e. The Hall–Kier alpha value is -1.03. The van der Waals surface area contributed by atoms with Gasteiger partial charge in [0.1, 0.15) is 0 Å². The molecule has 0 saturated carbocycles. The summed E-state index contributed by atoms with van der Waals surface area (Å²) in [6.45, 7) is 0. The largest absolute Gasteiger partial charge is 0.389 e. The maximum absolute atomic E-state index is 12.0. The van der Waals surface area contributed by atoms with Crippen LogP contribution in [0.1, 0.15) is 30.9 Å². The number of methoxy groups -OCH3 is 1. The Labute approximate surface area is 93.2 Å². The molecule has 0 radical (unpaired) electrons. The van der Waals surface area contributed by atoms with Gasteiger partial charge in [0.25, 0.3) is 0 Å². The fourth-order valence-corrected chi connectivity index (χ4v) is 1.58. The van der Waals surface area contributed by atoms with Crippen LogP contribution in [0, 0.1) is 0 Å². The minimum Gasteiger partial charge on any atom is -0.377 e. The molecule has 0 aliphatic carbocycles. The molecule has 0 bridgehead atoms. The van der Waals surface area contributed by atoms with Crippen molar-refractivity contribution in [3.05, 3.63) is 35.9 Å². The third-order valence-corrected chi connectivity index (χ3v) is 2.38. The van der Waals surface area contributed by atoms with E-state index in [9.17, 15) is 13.2 Å². The molecule has 1 rings (SSSR count). The molecule has 0 saturated heterocycles. The van der Waals surface area contributed by atoms with Gasteiger partial charge in [-0.2, -0.15) is 13.2 Å². The van der Waals surface area contributed by atoms with Crippen LogP contribution in [-0.4, -0.2) is 13.3 Å². The van der Waals surface area contributed by atoms with Crippen LogP contribution in [0.5, 0.6) is 0 Å². The van der Waals surface area contributed by atoms with E-state index >= 15 is 0 Å².